The van der Waals surface area contributed by atoms with Crippen molar-refractivity contribution in [3.05, 3.63) is 72.3 Å². The largest absolute Gasteiger partial charge is 0.505 e. The molecule has 4 aromatic rings. The summed E-state index contributed by atoms with van der Waals surface area (Å²) in [6, 6.07) is 14.1. The molecule has 5 rings (SSSR count). The number of benzene rings is 3. The molecule has 174 valence electrons. The van der Waals surface area contributed by atoms with E-state index in [2.05, 4.69) is 36.0 Å². The van der Waals surface area contributed by atoms with E-state index in [9.17, 15) is 18.7 Å². The topological polar surface area (TPSA) is 132 Å². The Bertz CT molecular complexity index is 1490. The summed E-state index contributed by atoms with van der Waals surface area (Å²) in [5.74, 6) is -2.45. The molecule has 3 aromatic carbocycles. The maximum atomic E-state index is 13.6. The molecule has 1 aliphatic heterocycles. The Balaban J connectivity index is 1.41. The van der Waals surface area contributed by atoms with Gasteiger partial charge in [0.25, 0.3) is 5.91 Å². The second kappa shape index (κ2) is 8.82. The highest BCUT2D eigenvalue weighted by molar-refractivity contribution is 6.18. The molecule has 0 spiro atoms. The van der Waals surface area contributed by atoms with E-state index in [1.54, 1.807) is 43.3 Å². The number of aromatic nitrogens is 4. The zero-order valence-corrected chi connectivity index (χ0v) is 18.1. The second-order valence-corrected chi connectivity index (χ2v) is 7.60. The van der Waals surface area contributed by atoms with Crippen LogP contribution in [0, 0.1) is 11.6 Å². The third kappa shape index (κ3) is 4.12. The number of H-pyrrole nitrogens is 1. The number of hydrogen-bond donors (Lipinski definition) is 2. The number of phenolic OH excluding ortho intramolecular Hbond substituents is 1. The number of nitrogens with zero attached hydrogens (tertiary/aromatic N) is 7. The van der Waals surface area contributed by atoms with E-state index in [0.29, 0.717) is 28.2 Å². The van der Waals surface area contributed by atoms with Crippen molar-refractivity contribution in [2.75, 3.05) is 5.01 Å². The van der Waals surface area contributed by atoms with E-state index >= 15 is 0 Å². The lowest BCUT2D eigenvalue weighted by Gasteiger charge is -2.12. The molecular formula is C23H16F2N8O2. The smallest absolute Gasteiger partial charge is 0.280 e. The Morgan fingerprint density at radius 3 is 2.60 bits per heavy atom. The van der Waals surface area contributed by atoms with Gasteiger partial charge >= 0.3 is 0 Å². The van der Waals surface area contributed by atoms with Crippen LogP contribution in [0.2, 0.25) is 0 Å². The summed E-state index contributed by atoms with van der Waals surface area (Å²) in [7, 11) is 0. The molecule has 0 saturated heterocycles. The number of halogens is 2. The maximum absolute atomic E-state index is 13.6. The van der Waals surface area contributed by atoms with Gasteiger partial charge in [-0.2, -0.15) is 25.6 Å². The molecule has 2 heterocycles. The van der Waals surface area contributed by atoms with E-state index in [1.165, 1.54) is 6.07 Å². The van der Waals surface area contributed by atoms with Gasteiger partial charge < -0.3 is 5.11 Å². The van der Waals surface area contributed by atoms with Crippen LogP contribution in [0.25, 0.3) is 22.5 Å². The minimum atomic E-state index is -1.10. The Kier molecular flexibility index (Phi) is 5.53. The Labute approximate surface area is 196 Å². The van der Waals surface area contributed by atoms with Crippen molar-refractivity contribution in [2.24, 2.45) is 15.3 Å². The molecular weight excluding hydrogens is 458 g/mol. The number of aromatic hydroxyl groups is 1. The quantitative estimate of drug-likeness (QED) is 0.414. The van der Waals surface area contributed by atoms with Crippen LogP contribution in [0.1, 0.15) is 6.92 Å². The normalized spacial score (nSPS) is 15.7. The molecule has 1 aliphatic rings. The minimum absolute atomic E-state index is 0.0669. The van der Waals surface area contributed by atoms with Crippen LogP contribution >= 0.6 is 0 Å². The number of hydrazone groups is 1. The van der Waals surface area contributed by atoms with Gasteiger partial charge in [0, 0.05) is 17.2 Å². The average molecular weight is 474 g/mol. The highest BCUT2D eigenvalue weighted by Crippen LogP contribution is 2.38. The summed E-state index contributed by atoms with van der Waals surface area (Å²) >= 11 is 0. The Morgan fingerprint density at radius 2 is 1.83 bits per heavy atom. The van der Waals surface area contributed by atoms with E-state index < -0.39 is 23.6 Å². The third-order valence-corrected chi connectivity index (χ3v) is 5.32. The standard InChI is InChI=1S/C23H16F2N8O2/c1-12-20(23(35)33(30-12)15-8-9-17(24)18(25)11-15)27-26-19-7-3-6-16(21(19)34)13-4-2-5-14(10-13)22-28-31-32-29-22/h2-11,20,34H,1H3,(H,28,29,31,32). The molecule has 12 heteroatoms. The van der Waals surface area contributed by atoms with Gasteiger partial charge in [0.15, 0.2) is 23.4 Å². The zero-order valence-electron chi connectivity index (χ0n) is 18.1. The maximum Gasteiger partial charge on any atom is 0.280 e. The average Bonchev–Trinajstić information content (AvgIpc) is 3.49. The predicted octanol–water partition coefficient (Wildman–Crippen LogP) is 4.39. The van der Waals surface area contributed by atoms with Crippen LogP contribution in [0.5, 0.6) is 5.75 Å². The number of aromatic amines is 1. The number of phenols is 1. The molecule has 0 fully saturated rings. The van der Waals surface area contributed by atoms with Gasteiger partial charge in [0.1, 0.15) is 5.69 Å². The van der Waals surface area contributed by atoms with E-state index in [1.807, 2.05) is 6.07 Å². The van der Waals surface area contributed by atoms with Crippen LogP contribution in [0.3, 0.4) is 0 Å². The zero-order chi connectivity index (χ0) is 24.5. The summed E-state index contributed by atoms with van der Waals surface area (Å²) < 4.78 is 26.9. The van der Waals surface area contributed by atoms with Gasteiger partial charge in [-0.3, -0.25) is 4.79 Å². The summed E-state index contributed by atoms with van der Waals surface area (Å²) in [6.45, 7) is 1.57. The summed E-state index contributed by atoms with van der Waals surface area (Å²) in [6.07, 6.45) is 0. The number of anilines is 1. The molecule has 2 N–H and O–H groups in total. The summed E-state index contributed by atoms with van der Waals surface area (Å²) in [5, 5.41) is 37.9. The first kappa shape index (κ1) is 21.9. The van der Waals surface area contributed by atoms with Gasteiger partial charge in [0.05, 0.1) is 11.4 Å². The summed E-state index contributed by atoms with van der Waals surface area (Å²) in [4.78, 5) is 12.8. The highest BCUT2D eigenvalue weighted by Gasteiger charge is 2.35. The fourth-order valence-electron chi connectivity index (χ4n) is 3.57. The Morgan fingerprint density at radius 1 is 1.03 bits per heavy atom. The first-order valence-electron chi connectivity index (χ1n) is 10.3. The fraction of sp³-hybridized carbons (Fsp3) is 0.0870. The van der Waals surface area contributed by atoms with E-state index in [-0.39, 0.29) is 17.1 Å². The molecule has 1 unspecified atom stereocenters. The molecule has 35 heavy (non-hydrogen) atoms. The number of hydrogen-bond acceptors (Lipinski definition) is 8. The molecule has 10 nitrogen and oxygen atoms in total. The van der Waals surface area contributed by atoms with Crippen LogP contribution in [0.4, 0.5) is 20.2 Å². The number of para-hydroxylation sites is 1. The molecule has 0 bridgehead atoms. The number of rotatable bonds is 5. The first-order chi connectivity index (χ1) is 16.9. The van der Waals surface area contributed by atoms with Gasteiger partial charge in [-0.15, -0.1) is 10.2 Å². The van der Waals surface area contributed by atoms with Crippen molar-refractivity contribution in [2.45, 2.75) is 13.0 Å². The van der Waals surface area contributed by atoms with Crippen LogP contribution < -0.4 is 5.01 Å². The van der Waals surface area contributed by atoms with E-state index in [4.69, 9.17) is 0 Å². The molecule has 0 saturated carbocycles. The van der Waals surface area contributed by atoms with Crippen molar-refractivity contribution in [3.63, 3.8) is 0 Å². The summed E-state index contributed by atoms with van der Waals surface area (Å²) in [5.41, 5.74) is 2.38. The van der Waals surface area contributed by atoms with Crippen molar-refractivity contribution in [1.29, 1.82) is 0 Å². The number of carbonyl (C=O) groups is 1. The second-order valence-electron chi connectivity index (χ2n) is 7.60. The van der Waals surface area contributed by atoms with Crippen molar-refractivity contribution in [3.8, 4) is 28.3 Å². The predicted molar refractivity (Wildman–Crippen MR) is 122 cm³/mol. The number of carbonyl (C=O) groups excluding carboxylic acids is 1. The lowest BCUT2D eigenvalue weighted by molar-refractivity contribution is -0.117. The van der Waals surface area contributed by atoms with Crippen molar-refractivity contribution < 1.29 is 18.7 Å². The van der Waals surface area contributed by atoms with E-state index in [0.717, 1.165) is 17.1 Å². The number of amides is 1. The van der Waals surface area contributed by atoms with Crippen LogP contribution in [-0.4, -0.2) is 43.4 Å². The van der Waals surface area contributed by atoms with Crippen molar-refractivity contribution in [1.82, 2.24) is 20.6 Å². The van der Waals surface area contributed by atoms with Crippen molar-refractivity contribution >= 4 is 23.0 Å². The molecule has 0 radical (unpaired) electrons. The van der Waals surface area contributed by atoms with Gasteiger partial charge in [-0.1, -0.05) is 30.3 Å². The van der Waals surface area contributed by atoms with Crippen LogP contribution in [0.15, 0.2) is 76.0 Å². The molecule has 0 aliphatic carbocycles. The number of azo groups is 1. The number of nitrogens with one attached hydrogen (secondary N) is 1. The highest BCUT2D eigenvalue weighted by atomic mass is 19.2. The van der Waals surface area contributed by atoms with Gasteiger partial charge in [-0.05, 0) is 42.0 Å². The SMILES string of the molecule is CC1=NN(c2ccc(F)c(F)c2)C(=O)C1N=Nc1cccc(-c2cccc(-c3nn[nH]n3)c2)c1O. The Hall–Kier alpha value is -4.87. The molecule has 1 atom stereocenters. The molecule has 1 amide bonds. The minimum Gasteiger partial charge on any atom is -0.505 e. The van der Waals surface area contributed by atoms with Gasteiger partial charge in [0.2, 0.25) is 5.82 Å². The van der Waals surface area contributed by atoms with Crippen LogP contribution in [-0.2, 0) is 4.79 Å². The lowest BCUT2D eigenvalue weighted by Crippen LogP contribution is -2.29. The first-order valence-corrected chi connectivity index (χ1v) is 10.3. The third-order valence-electron chi connectivity index (χ3n) is 5.32. The lowest BCUT2D eigenvalue weighted by atomic mass is 10.0. The number of tetrazole rings is 1. The molecule has 1 aromatic heterocycles. The fourth-order valence-corrected chi connectivity index (χ4v) is 3.57. The monoisotopic (exact) mass is 474 g/mol. The van der Waals surface area contributed by atoms with Gasteiger partial charge in [-0.25, -0.2) is 8.78 Å².